The van der Waals surface area contributed by atoms with Crippen LogP contribution < -0.4 is 11.1 Å². The smallest absolute Gasteiger partial charge is 0.328 e. The normalized spacial score (nSPS) is 17.4. The number of hydrogen-bond acceptors (Lipinski definition) is 4. The number of aliphatic hydroxyl groups excluding tert-OH is 1. The maximum Gasteiger partial charge on any atom is 0.328 e. The molecule has 0 heterocycles. The maximum atomic E-state index is 11.6. The topological polar surface area (TPSA) is 113 Å². The molecule has 6 heteroatoms. The molecule has 1 amide bonds. The van der Waals surface area contributed by atoms with Gasteiger partial charge in [-0.3, -0.25) is 4.79 Å². The molecule has 0 aliphatic carbocycles. The fourth-order valence-electron chi connectivity index (χ4n) is 1.03. The summed E-state index contributed by atoms with van der Waals surface area (Å²) in [5.74, 6) is -1.87. The molecule has 6 nitrogen and oxygen atoms in total. The van der Waals surface area contributed by atoms with Crippen LogP contribution in [0, 0.1) is 5.41 Å². The van der Waals surface area contributed by atoms with E-state index in [1.54, 1.807) is 20.8 Å². The number of carboxylic acids is 1. The molecule has 0 aliphatic heterocycles. The lowest BCUT2D eigenvalue weighted by molar-refractivity contribution is -0.145. The predicted octanol–water partition coefficient (Wildman–Crippen LogP) is -0.690. The van der Waals surface area contributed by atoms with Crippen LogP contribution in [0.15, 0.2) is 0 Å². The van der Waals surface area contributed by atoms with E-state index in [-0.39, 0.29) is 0 Å². The SMILES string of the molecule is C[C@@H](O)[C@H](NC(=O)[C@H](N)C(C)(C)C)C(=O)O. The van der Waals surface area contributed by atoms with Crippen LogP contribution in [0.25, 0.3) is 0 Å². The molecule has 0 saturated carbocycles. The number of aliphatic hydroxyl groups is 1. The lowest BCUT2D eigenvalue weighted by Crippen LogP contribution is -2.55. The number of amides is 1. The second-order valence-corrected chi connectivity index (χ2v) is 4.91. The highest BCUT2D eigenvalue weighted by atomic mass is 16.4. The van der Waals surface area contributed by atoms with Crippen LogP contribution in [0.5, 0.6) is 0 Å². The van der Waals surface area contributed by atoms with Crippen molar-refractivity contribution in [3.8, 4) is 0 Å². The van der Waals surface area contributed by atoms with Crippen molar-refractivity contribution in [1.82, 2.24) is 5.32 Å². The van der Waals surface area contributed by atoms with E-state index in [0.29, 0.717) is 0 Å². The molecule has 0 fully saturated rings. The molecule has 0 radical (unpaired) electrons. The zero-order chi connectivity index (χ0) is 13.1. The highest BCUT2D eigenvalue weighted by molar-refractivity contribution is 5.87. The van der Waals surface area contributed by atoms with Crippen molar-refractivity contribution in [2.45, 2.75) is 45.9 Å². The second kappa shape index (κ2) is 5.27. The Hall–Kier alpha value is -1.14. The van der Waals surface area contributed by atoms with Crippen LogP contribution in [0.3, 0.4) is 0 Å². The van der Waals surface area contributed by atoms with Gasteiger partial charge in [0.1, 0.15) is 0 Å². The molecular weight excluding hydrogens is 212 g/mol. The minimum absolute atomic E-state index is 0.466. The Kier molecular flexibility index (Phi) is 4.89. The van der Waals surface area contributed by atoms with Crippen molar-refractivity contribution in [2.75, 3.05) is 0 Å². The highest BCUT2D eigenvalue weighted by Crippen LogP contribution is 2.17. The molecule has 0 spiro atoms. The first kappa shape index (κ1) is 14.9. The van der Waals surface area contributed by atoms with Crippen molar-refractivity contribution in [3.63, 3.8) is 0 Å². The van der Waals surface area contributed by atoms with E-state index < -0.39 is 35.5 Å². The Labute approximate surface area is 94.8 Å². The predicted molar refractivity (Wildman–Crippen MR) is 58.7 cm³/mol. The van der Waals surface area contributed by atoms with E-state index >= 15 is 0 Å². The summed E-state index contributed by atoms with van der Waals surface area (Å²) in [5.41, 5.74) is 5.19. The number of aliphatic carboxylic acids is 1. The molecule has 0 saturated heterocycles. The number of carbonyl (C=O) groups is 2. The molecule has 3 atom stereocenters. The van der Waals surface area contributed by atoms with Gasteiger partial charge in [-0.05, 0) is 12.3 Å². The summed E-state index contributed by atoms with van der Waals surface area (Å²) < 4.78 is 0. The van der Waals surface area contributed by atoms with E-state index in [1.165, 1.54) is 6.92 Å². The summed E-state index contributed by atoms with van der Waals surface area (Å²) in [7, 11) is 0. The van der Waals surface area contributed by atoms with E-state index in [9.17, 15) is 14.7 Å². The number of hydrogen-bond donors (Lipinski definition) is 4. The van der Waals surface area contributed by atoms with Crippen LogP contribution in [-0.4, -0.2) is 40.3 Å². The third-order valence-electron chi connectivity index (χ3n) is 2.26. The van der Waals surface area contributed by atoms with Gasteiger partial charge < -0.3 is 21.3 Å². The molecule has 0 aromatic heterocycles. The lowest BCUT2D eigenvalue weighted by atomic mass is 9.86. The zero-order valence-corrected chi connectivity index (χ0v) is 10.0. The fraction of sp³-hybridized carbons (Fsp3) is 0.800. The summed E-state index contributed by atoms with van der Waals surface area (Å²) in [6, 6.07) is -2.16. The van der Waals surface area contributed by atoms with E-state index in [0.717, 1.165) is 0 Å². The summed E-state index contributed by atoms with van der Waals surface area (Å²) in [5, 5.41) is 20.1. The Balaban J connectivity index is 4.60. The Morgan fingerprint density at radius 2 is 1.75 bits per heavy atom. The Morgan fingerprint density at radius 1 is 1.31 bits per heavy atom. The van der Waals surface area contributed by atoms with Crippen molar-refractivity contribution >= 4 is 11.9 Å². The number of nitrogens with two attached hydrogens (primary N) is 1. The highest BCUT2D eigenvalue weighted by Gasteiger charge is 2.32. The average Bonchev–Trinajstić information content (AvgIpc) is 2.09. The minimum atomic E-state index is -1.33. The molecule has 16 heavy (non-hydrogen) atoms. The van der Waals surface area contributed by atoms with Gasteiger partial charge in [-0.15, -0.1) is 0 Å². The van der Waals surface area contributed by atoms with Crippen molar-refractivity contribution in [3.05, 3.63) is 0 Å². The van der Waals surface area contributed by atoms with Crippen LogP contribution in [0.1, 0.15) is 27.7 Å². The summed E-state index contributed by atoms with van der Waals surface area (Å²) >= 11 is 0. The molecule has 5 N–H and O–H groups in total. The molecule has 0 unspecified atom stereocenters. The number of nitrogens with one attached hydrogen (secondary N) is 1. The first-order valence-electron chi connectivity index (χ1n) is 5.04. The number of carbonyl (C=O) groups excluding carboxylic acids is 1. The summed E-state index contributed by atoms with van der Waals surface area (Å²) in [6.07, 6.45) is -1.17. The van der Waals surface area contributed by atoms with Gasteiger partial charge in [0.15, 0.2) is 6.04 Å². The molecular formula is C10H20N2O4. The second-order valence-electron chi connectivity index (χ2n) is 4.91. The molecule has 0 aliphatic rings. The lowest BCUT2D eigenvalue weighted by Gasteiger charge is -2.27. The molecule has 0 aromatic rings. The Bertz CT molecular complexity index is 270. The zero-order valence-electron chi connectivity index (χ0n) is 10.0. The van der Waals surface area contributed by atoms with Crippen molar-refractivity contribution < 1.29 is 19.8 Å². The fourth-order valence-corrected chi connectivity index (χ4v) is 1.03. The van der Waals surface area contributed by atoms with Crippen molar-refractivity contribution in [1.29, 1.82) is 0 Å². The van der Waals surface area contributed by atoms with Crippen LogP contribution in [0.4, 0.5) is 0 Å². The quantitative estimate of drug-likeness (QED) is 0.512. The van der Waals surface area contributed by atoms with Gasteiger partial charge in [0.05, 0.1) is 12.1 Å². The van der Waals surface area contributed by atoms with Gasteiger partial charge in [0.2, 0.25) is 5.91 Å². The van der Waals surface area contributed by atoms with Gasteiger partial charge in [-0.2, -0.15) is 0 Å². The van der Waals surface area contributed by atoms with Gasteiger partial charge in [0, 0.05) is 0 Å². The van der Waals surface area contributed by atoms with Gasteiger partial charge in [0.25, 0.3) is 0 Å². The summed E-state index contributed by atoms with van der Waals surface area (Å²) in [4.78, 5) is 22.3. The molecule has 94 valence electrons. The van der Waals surface area contributed by atoms with Gasteiger partial charge in [-0.25, -0.2) is 4.79 Å². The Morgan fingerprint density at radius 3 is 2.00 bits per heavy atom. The van der Waals surface area contributed by atoms with Gasteiger partial charge >= 0.3 is 5.97 Å². The van der Waals surface area contributed by atoms with E-state index in [1.807, 2.05) is 0 Å². The van der Waals surface area contributed by atoms with Crippen LogP contribution >= 0.6 is 0 Å². The third-order valence-corrected chi connectivity index (χ3v) is 2.26. The van der Waals surface area contributed by atoms with Crippen LogP contribution in [-0.2, 0) is 9.59 Å². The number of carboxylic acid groups (broad SMARTS) is 1. The standard InChI is InChI=1S/C10H20N2O4/c1-5(13)6(9(15)16)12-8(14)7(11)10(2,3)4/h5-7,13H,11H2,1-4H3,(H,12,14)(H,15,16)/t5-,6+,7+/m1/s1. The van der Waals surface area contributed by atoms with E-state index in [2.05, 4.69) is 5.32 Å². The first-order valence-corrected chi connectivity index (χ1v) is 5.04. The number of rotatable bonds is 4. The maximum absolute atomic E-state index is 11.6. The van der Waals surface area contributed by atoms with Crippen molar-refractivity contribution in [2.24, 2.45) is 11.1 Å². The van der Waals surface area contributed by atoms with E-state index in [4.69, 9.17) is 10.8 Å². The summed E-state index contributed by atoms with van der Waals surface area (Å²) in [6.45, 7) is 6.61. The minimum Gasteiger partial charge on any atom is -0.480 e. The van der Waals surface area contributed by atoms with Gasteiger partial charge in [-0.1, -0.05) is 20.8 Å². The van der Waals surface area contributed by atoms with Crippen LogP contribution in [0.2, 0.25) is 0 Å². The molecule has 0 bridgehead atoms. The first-order chi connectivity index (χ1) is 7.07. The average molecular weight is 232 g/mol. The largest absolute Gasteiger partial charge is 0.480 e. The monoisotopic (exact) mass is 232 g/mol. The molecule has 0 rings (SSSR count). The molecule has 0 aromatic carbocycles. The third kappa shape index (κ3) is 4.16.